The zero-order valence-corrected chi connectivity index (χ0v) is 10.4. The Kier molecular flexibility index (Phi) is 2.65. The third kappa shape index (κ3) is 2.08. The van der Waals surface area contributed by atoms with E-state index in [2.05, 4.69) is 27.3 Å². The number of rotatable bonds is 3. The molecule has 1 aromatic carbocycles. The molecule has 3 nitrogen and oxygen atoms in total. The number of nitrogens with one attached hydrogen (secondary N) is 1. The topological polar surface area (TPSA) is 41.6 Å². The summed E-state index contributed by atoms with van der Waals surface area (Å²) >= 11 is 1.71. The minimum absolute atomic E-state index is 0.791. The van der Waals surface area contributed by atoms with Crippen LogP contribution in [-0.2, 0) is 12.8 Å². The highest BCUT2D eigenvalue weighted by Crippen LogP contribution is 2.16. The van der Waals surface area contributed by atoms with E-state index < -0.39 is 0 Å². The zero-order valence-electron chi connectivity index (χ0n) is 9.60. The monoisotopic (exact) mass is 243 g/mol. The molecule has 86 valence electrons. The number of H-pyrrole nitrogens is 1. The molecule has 17 heavy (non-hydrogen) atoms. The standard InChI is InChI=1S/C13H13N3S/c1-2-9-8-17-13(14-9)7-12-15-10-5-3-4-6-11(10)16-12/h3-6,8H,2,7H2,1H3,(H,15,16). The van der Waals surface area contributed by atoms with Crippen LogP contribution >= 0.6 is 11.3 Å². The fraction of sp³-hybridized carbons (Fsp3) is 0.231. The number of nitrogens with zero attached hydrogens (tertiary/aromatic N) is 2. The van der Waals surface area contributed by atoms with Crippen LogP contribution in [0, 0.1) is 0 Å². The molecule has 3 aromatic rings. The molecule has 0 unspecified atom stereocenters. The normalized spacial score (nSPS) is 11.1. The molecule has 0 radical (unpaired) electrons. The first kappa shape index (κ1) is 10.5. The molecule has 2 heterocycles. The van der Waals surface area contributed by atoms with Crippen LogP contribution < -0.4 is 0 Å². The smallest absolute Gasteiger partial charge is 0.114 e. The van der Waals surface area contributed by atoms with Crippen LogP contribution in [0.3, 0.4) is 0 Å². The Balaban J connectivity index is 1.89. The first-order valence-corrected chi connectivity index (χ1v) is 6.60. The summed E-state index contributed by atoms with van der Waals surface area (Å²) in [5.74, 6) is 0.989. The molecule has 0 amide bonds. The van der Waals surface area contributed by atoms with Gasteiger partial charge in [-0.3, -0.25) is 0 Å². The molecule has 0 aliphatic rings. The predicted octanol–water partition coefficient (Wildman–Crippen LogP) is 3.17. The van der Waals surface area contributed by atoms with Crippen molar-refractivity contribution in [2.45, 2.75) is 19.8 Å². The molecule has 4 heteroatoms. The molecule has 0 saturated heterocycles. The van der Waals surface area contributed by atoms with E-state index in [1.165, 1.54) is 5.69 Å². The van der Waals surface area contributed by atoms with E-state index in [0.717, 1.165) is 34.7 Å². The molecule has 0 fully saturated rings. The van der Waals surface area contributed by atoms with Gasteiger partial charge in [0, 0.05) is 5.38 Å². The van der Waals surface area contributed by atoms with Gasteiger partial charge in [-0.15, -0.1) is 11.3 Å². The van der Waals surface area contributed by atoms with E-state index in [0.29, 0.717) is 0 Å². The third-order valence-corrected chi connectivity index (χ3v) is 3.62. The van der Waals surface area contributed by atoms with Gasteiger partial charge in [0.05, 0.1) is 23.1 Å². The second-order valence-corrected chi connectivity index (χ2v) is 4.91. The minimum atomic E-state index is 0.791. The lowest BCUT2D eigenvalue weighted by molar-refractivity contribution is 0.978. The molecular weight excluding hydrogens is 230 g/mol. The van der Waals surface area contributed by atoms with Crippen molar-refractivity contribution >= 4 is 22.4 Å². The number of aromatic amines is 1. The van der Waals surface area contributed by atoms with Crippen molar-refractivity contribution in [3.63, 3.8) is 0 Å². The fourth-order valence-corrected chi connectivity index (χ4v) is 2.71. The molecule has 2 aromatic heterocycles. The van der Waals surface area contributed by atoms with Gasteiger partial charge in [-0.2, -0.15) is 0 Å². The van der Waals surface area contributed by atoms with Crippen LogP contribution in [0.2, 0.25) is 0 Å². The van der Waals surface area contributed by atoms with Crippen molar-refractivity contribution in [3.8, 4) is 0 Å². The maximum absolute atomic E-state index is 4.55. The average molecular weight is 243 g/mol. The maximum Gasteiger partial charge on any atom is 0.114 e. The lowest BCUT2D eigenvalue weighted by atomic mass is 10.3. The quantitative estimate of drug-likeness (QED) is 0.767. The van der Waals surface area contributed by atoms with E-state index in [1.54, 1.807) is 11.3 Å². The number of benzene rings is 1. The van der Waals surface area contributed by atoms with Gasteiger partial charge in [0.1, 0.15) is 10.8 Å². The lowest BCUT2D eigenvalue weighted by Crippen LogP contribution is -1.90. The van der Waals surface area contributed by atoms with Crippen LogP contribution in [0.5, 0.6) is 0 Å². The Labute approximate surface area is 104 Å². The first-order chi connectivity index (χ1) is 8.35. The van der Waals surface area contributed by atoms with Crippen molar-refractivity contribution in [2.75, 3.05) is 0 Å². The zero-order chi connectivity index (χ0) is 11.7. The van der Waals surface area contributed by atoms with Crippen LogP contribution in [0.25, 0.3) is 11.0 Å². The van der Waals surface area contributed by atoms with Gasteiger partial charge >= 0.3 is 0 Å². The van der Waals surface area contributed by atoms with Gasteiger partial charge in [0.25, 0.3) is 0 Å². The minimum Gasteiger partial charge on any atom is -0.342 e. The molecule has 0 aliphatic heterocycles. The number of imidazole rings is 1. The largest absolute Gasteiger partial charge is 0.342 e. The van der Waals surface area contributed by atoms with Crippen molar-refractivity contribution in [1.29, 1.82) is 0 Å². The van der Waals surface area contributed by atoms with Gasteiger partial charge < -0.3 is 4.98 Å². The molecule has 3 rings (SSSR count). The van der Waals surface area contributed by atoms with Crippen molar-refractivity contribution < 1.29 is 0 Å². The van der Waals surface area contributed by atoms with Crippen LogP contribution in [0.15, 0.2) is 29.6 Å². The summed E-state index contributed by atoms with van der Waals surface area (Å²) in [7, 11) is 0. The number of hydrogen-bond donors (Lipinski definition) is 1. The first-order valence-electron chi connectivity index (χ1n) is 5.72. The Bertz CT molecular complexity index is 606. The highest BCUT2D eigenvalue weighted by atomic mass is 32.1. The van der Waals surface area contributed by atoms with Gasteiger partial charge in [0.2, 0.25) is 0 Å². The summed E-state index contributed by atoms with van der Waals surface area (Å²) in [5, 5.41) is 3.25. The maximum atomic E-state index is 4.55. The Morgan fingerprint density at radius 3 is 2.88 bits per heavy atom. The van der Waals surface area contributed by atoms with E-state index in [-0.39, 0.29) is 0 Å². The van der Waals surface area contributed by atoms with Crippen LogP contribution in [0.4, 0.5) is 0 Å². The molecule has 0 aliphatic carbocycles. The van der Waals surface area contributed by atoms with E-state index in [4.69, 9.17) is 0 Å². The summed E-state index contributed by atoms with van der Waals surface area (Å²) in [4.78, 5) is 12.4. The van der Waals surface area contributed by atoms with Crippen molar-refractivity contribution in [1.82, 2.24) is 15.0 Å². The summed E-state index contributed by atoms with van der Waals surface area (Å²) in [6.45, 7) is 2.13. The van der Waals surface area contributed by atoms with E-state index in [9.17, 15) is 0 Å². The van der Waals surface area contributed by atoms with Crippen molar-refractivity contribution in [3.05, 3.63) is 46.2 Å². The summed E-state index contributed by atoms with van der Waals surface area (Å²) < 4.78 is 0. The fourth-order valence-electron chi connectivity index (χ4n) is 1.83. The molecular formula is C13H13N3S. The second-order valence-electron chi connectivity index (χ2n) is 3.96. The second kappa shape index (κ2) is 4.30. The van der Waals surface area contributed by atoms with Gasteiger partial charge in [-0.25, -0.2) is 9.97 Å². The number of hydrogen-bond acceptors (Lipinski definition) is 3. The SMILES string of the molecule is CCc1csc(Cc2nc3ccccc3[nH]2)n1. The number of para-hydroxylation sites is 2. The van der Waals surface area contributed by atoms with Crippen LogP contribution in [-0.4, -0.2) is 15.0 Å². The van der Waals surface area contributed by atoms with Crippen LogP contribution in [0.1, 0.15) is 23.4 Å². The molecule has 0 spiro atoms. The summed E-state index contributed by atoms with van der Waals surface area (Å²) in [6, 6.07) is 8.09. The number of fused-ring (bicyclic) bond motifs is 1. The van der Waals surface area contributed by atoms with Crippen molar-refractivity contribution in [2.24, 2.45) is 0 Å². The average Bonchev–Trinajstić information content (AvgIpc) is 2.94. The Morgan fingerprint density at radius 2 is 2.12 bits per heavy atom. The highest BCUT2D eigenvalue weighted by Gasteiger charge is 2.06. The molecule has 0 saturated carbocycles. The summed E-state index contributed by atoms with van der Waals surface area (Å²) in [6.07, 6.45) is 1.79. The Morgan fingerprint density at radius 1 is 1.24 bits per heavy atom. The summed E-state index contributed by atoms with van der Waals surface area (Å²) in [5.41, 5.74) is 3.28. The Hall–Kier alpha value is -1.68. The van der Waals surface area contributed by atoms with E-state index in [1.807, 2.05) is 24.3 Å². The number of thiazole rings is 1. The lowest BCUT2D eigenvalue weighted by Gasteiger charge is -1.90. The number of aryl methyl sites for hydroxylation is 1. The van der Waals surface area contributed by atoms with E-state index >= 15 is 0 Å². The molecule has 1 N–H and O–H groups in total. The van der Waals surface area contributed by atoms with Gasteiger partial charge in [-0.05, 0) is 18.6 Å². The number of aromatic nitrogens is 3. The highest BCUT2D eigenvalue weighted by molar-refractivity contribution is 7.09. The molecule has 0 atom stereocenters. The molecule has 0 bridgehead atoms. The van der Waals surface area contributed by atoms with Gasteiger partial charge in [-0.1, -0.05) is 19.1 Å². The van der Waals surface area contributed by atoms with Gasteiger partial charge in [0.15, 0.2) is 0 Å². The third-order valence-electron chi connectivity index (χ3n) is 2.72. The predicted molar refractivity (Wildman–Crippen MR) is 70.4 cm³/mol.